The highest BCUT2D eigenvalue weighted by molar-refractivity contribution is 6.30. The Morgan fingerprint density at radius 1 is 1.29 bits per heavy atom. The van der Waals surface area contributed by atoms with Gasteiger partial charge in [-0.15, -0.1) is 0 Å². The van der Waals surface area contributed by atoms with Crippen LogP contribution in [-0.2, 0) is 15.9 Å². The number of rotatable bonds is 11. The Hall–Kier alpha value is -0.680. The molecule has 0 fully saturated rings. The van der Waals surface area contributed by atoms with Crippen molar-refractivity contribution in [1.29, 1.82) is 0 Å². The van der Waals surface area contributed by atoms with Gasteiger partial charge in [-0.05, 0) is 43.5 Å². The molecule has 21 heavy (non-hydrogen) atoms. The lowest BCUT2D eigenvalue weighted by Crippen LogP contribution is -2.33. The van der Waals surface area contributed by atoms with E-state index in [1.54, 1.807) is 19.2 Å². The van der Waals surface area contributed by atoms with E-state index in [-0.39, 0.29) is 11.9 Å². The third-order valence-electron chi connectivity index (χ3n) is 3.21. The molecule has 1 atom stereocenters. The maximum Gasteiger partial charge on any atom is 0.127 e. The number of hydrogen-bond acceptors (Lipinski definition) is 3. The van der Waals surface area contributed by atoms with Gasteiger partial charge < -0.3 is 14.8 Å². The van der Waals surface area contributed by atoms with Gasteiger partial charge in [-0.25, -0.2) is 4.39 Å². The minimum absolute atomic E-state index is 0.197. The van der Waals surface area contributed by atoms with E-state index < -0.39 is 0 Å². The lowest BCUT2D eigenvalue weighted by molar-refractivity contribution is 0.0658. The second kappa shape index (κ2) is 11.0. The molecular weight excluding hydrogens is 293 g/mol. The first-order valence-corrected chi connectivity index (χ1v) is 7.79. The first-order valence-electron chi connectivity index (χ1n) is 7.41. The molecule has 0 saturated carbocycles. The van der Waals surface area contributed by atoms with Crippen LogP contribution in [0.1, 0.15) is 25.3 Å². The van der Waals surface area contributed by atoms with Gasteiger partial charge in [0.2, 0.25) is 0 Å². The van der Waals surface area contributed by atoms with Crippen molar-refractivity contribution < 1.29 is 13.9 Å². The van der Waals surface area contributed by atoms with Gasteiger partial charge in [0.25, 0.3) is 0 Å². The van der Waals surface area contributed by atoms with Crippen LogP contribution in [0.25, 0.3) is 0 Å². The summed E-state index contributed by atoms with van der Waals surface area (Å²) in [4.78, 5) is 0. The number of hydrogen-bond donors (Lipinski definition) is 1. The van der Waals surface area contributed by atoms with E-state index >= 15 is 0 Å². The summed E-state index contributed by atoms with van der Waals surface area (Å²) in [6, 6.07) is 5.04. The minimum atomic E-state index is -0.244. The third-order valence-corrected chi connectivity index (χ3v) is 3.44. The lowest BCUT2D eigenvalue weighted by atomic mass is 10.0. The molecule has 0 heterocycles. The molecule has 1 aromatic rings. The van der Waals surface area contributed by atoms with Gasteiger partial charge in [0.15, 0.2) is 0 Å². The summed E-state index contributed by atoms with van der Waals surface area (Å²) in [5.74, 6) is -0.244. The van der Waals surface area contributed by atoms with Crippen LogP contribution in [-0.4, -0.2) is 39.5 Å². The molecule has 0 saturated heterocycles. The molecule has 0 aliphatic heterocycles. The van der Waals surface area contributed by atoms with Crippen LogP contribution in [0.2, 0.25) is 5.02 Å². The Balaban J connectivity index is 2.48. The fourth-order valence-corrected chi connectivity index (χ4v) is 2.21. The van der Waals surface area contributed by atoms with Crippen LogP contribution >= 0.6 is 11.6 Å². The second-order valence-electron chi connectivity index (χ2n) is 4.98. The van der Waals surface area contributed by atoms with Gasteiger partial charge in [0.05, 0.1) is 13.2 Å². The highest BCUT2D eigenvalue weighted by Gasteiger charge is 2.12. The van der Waals surface area contributed by atoms with Crippen molar-refractivity contribution in [3.8, 4) is 0 Å². The number of halogens is 2. The van der Waals surface area contributed by atoms with Crippen LogP contribution in [0, 0.1) is 5.82 Å². The molecule has 1 unspecified atom stereocenters. The maximum absolute atomic E-state index is 13.9. The van der Waals surface area contributed by atoms with Gasteiger partial charge in [0.1, 0.15) is 5.82 Å². The summed E-state index contributed by atoms with van der Waals surface area (Å²) < 4.78 is 24.3. The highest BCUT2D eigenvalue weighted by Crippen LogP contribution is 2.16. The van der Waals surface area contributed by atoms with Gasteiger partial charge in [0, 0.05) is 24.8 Å². The zero-order valence-electron chi connectivity index (χ0n) is 12.8. The van der Waals surface area contributed by atoms with E-state index in [2.05, 4.69) is 12.2 Å². The summed E-state index contributed by atoms with van der Waals surface area (Å²) in [7, 11) is 1.65. The van der Waals surface area contributed by atoms with Crippen LogP contribution < -0.4 is 5.32 Å². The Morgan fingerprint density at radius 2 is 2.10 bits per heavy atom. The maximum atomic E-state index is 13.9. The summed E-state index contributed by atoms with van der Waals surface area (Å²) in [6.07, 6.45) is 2.52. The van der Waals surface area contributed by atoms with Crippen molar-refractivity contribution in [3.63, 3.8) is 0 Å². The monoisotopic (exact) mass is 317 g/mol. The van der Waals surface area contributed by atoms with Gasteiger partial charge >= 0.3 is 0 Å². The Labute approximate surface area is 131 Å². The number of benzene rings is 1. The summed E-state index contributed by atoms with van der Waals surface area (Å²) in [5, 5.41) is 3.87. The minimum Gasteiger partial charge on any atom is -0.382 e. The molecule has 0 amide bonds. The van der Waals surface area contributed by atoms with E-state index in [0.29, 0.717) is 36.8 Å². The van der Waals surface area contributed by atoms with E-state index in [9.17, 15) is 4.39 Å². The Bertz CT molecular complexity index is 404. The van der Waals surface area contributed by atoms with Crippen LogP contribution in [0.4, 0.5) is 4.39 Å². The Kier molecular flexibility index (Phi) is 9.59. The first kappa shape index (κ1) is 18.4. The lowest BCUT2D eigenvalue weighted by Gasteiger charge is -2.19. The van der Waals surface area contributed by atoms with Crippen LogP contribution in [0.5, 0.6) is 0 Å². The molecule has 120 valence electrons. The molecule has 3 nitrogen and oxygen atoms in total. The highest BCUT2D eigenvalue weighted by atomic mass is 35.5. The largest absolute Gasteiger partial charge is 0.382 e. The second-order valence-corrected chi connectivity index (χ2v) is 5.42. The Morgan fingerprint density at radius 3 is 2.76 bits per heavy atom. The predicted molar refractivity (Wildman–Crippen MR) is 84.5 cm³/mol. The molecule has 1 N–H and O–H groups in total. The zero-order valence-corrected chi connectivity index (χ0v) is 13.6. The predicted octanol–water partition coefficient (Wildman–Crippen LogP) is 3.44. The fraction of sp³-hybridized carbons (Fsp3) is 0.625. The molecular formula is C16H25ClFNO2. The smallest absolute Gasteiger partial charge is 0.127 e. The number of nitrogens with one attached hydrogen (secondary N) is 1. The van der Waals surface area contributed by atoms with Gasteiger partial charge in [-0.2, -0.15) is 0 Å². The molecule has 1 aromatic carbocycles. The quantitative estimate of drug-likeness (QED) is 0.634. The van der Waals surface area contributed by atoms with Crippen molar-refractivity contribution in [2.24, 2.45) is 0 Å². The van der Waals surface area contributed by atoms with Gasteiger partial charge in [-0.3, -0.25) is 0 Å². The molecule has 0 aromatic heterocycles. The summed E-state index contributed by atoms with van der Waals surface area (Å²) in [6.45, 7) is 4.85. The molecule has 0 aliphatic rings. The number of methoxy groups -OCH3 is 1. The normalized spacial score (nSPS) is 12.6. The standard InChI is InChI=1S/C16H25ClFNO2/c1-3-7-19-15(6-8-21-10-9-20-2)11-13-4-5-14(17)12-16(13)18/h4-5,12,15,19H,3,6-11H2,1-2H3. The summed E-state index contributed by atoms with van der Waals surface area (Å²) >= 11 is 5.78. The van der Waals surface area contributed by atoms with Crippen molar-refractivity contribution in [3.05, 3.63) is 34.6 Å². The van der Waals surface area contributed by atoms with Crippen molar-refractivity contribution in [2.45, 2.75) is 32.2 Å². The average Bonchev–Trinajstić information content (AvgIpc) is 2.46. The van der Waals surface area contributed by atoms with Crippen molar-refractivity contribution >= 4 is 11.6 Å². The van der Waals surface area contributed by atoms with Gasteiger partial charge in [-0.1, -0.05) is 24.6 Å². The topological polar surface area (TPSA) is 30.5 Å². The third kappa shape index (κ3) is 7.77. The average molecular weight is 318 g/mol. The molecule has 0 aliphatic carbocycles. The number of ether oxygens (including phenoxy) is 2. The summed E-state index contributed by atoms with van der Waals surface area (Å²) in [5.41, 5.74) is 0.685. The van der Waals surface area contributed by atoms with E-state index in [1.807, 2.05) is 0 Å². The first-order chi connectivity index (χ1) is 10.2. The van der Waals surface area contributed by atoms with E-state index in [1.165, 1.54) is 6.07 Å². The molecule has 0 radical (unpaired) electrons. The molecule has 0 spiro atoms. The van der Waals surface area contributed by atoms with Crippen molar-refractivity contribution in [1.82, 2.24) is 5.32 Å². The van der Waals surface area contributed by atoms with E-state index in [0.717, 1.165) is 19.4 Å². The van der Waals surface area contributed by atoms with Crippen LogP contribution in [0.3, 0.4) is 0 Å². The fourth-order valence-electron chi connectivity index (χ4n) is 2.05. The molecule has 1 rings (SSSR count). The van der Waals surface area contributed by atoms with E-state index in [4.69, 9.17) is 21.1 Å². The zero-order chi connectivity index (χ0) is 15.5. The molecule has 5 heteroatoms. The molecule has 0 bridgehead atoms. The van der Waals surface area contributed by atoms with Crippen molar-refractivity contribution in [2.75, 3.05) is 33.5 Å². The van der Waals surface area contributed by atoms with Crippen LogP contribution in [0.15, 0.2) is 18.2 Å². The SMILES string of the molecule is CCCNC(CCOCCOC)Cc1ccc(Cl)cc1F.